The van der Waals surface area contributed by atoms with Crippen molar-refractivity contribution in [2.75, 3.05) is 6.61 Å². The van der Waals surface area contributed by atoms with Crippen LogP contribution in [0.3, 0.4) is 0 Å². The molecule has 0 unspecified atom stereocenters. The highest BCUT2D eigenvalue weighted by Crippen LogP contribution is 2.31. The molecule has 0 aromatic carbocycles. The molecule has 0 bridgehead atoms. The molecular weight excluding hydrogens is 304 g/mol. The molecule has 0 saturated carbocycles. The van der Waals surface area contributed by atoms with Crippen molar-refractivity contribution in [3.05, 3.63) is 17.3 Å². The number of rotatable bonds is 2. The van der Waals surface area contributed by atoms with Gasteiger partial charge in [-0.15, -0.1) is 0 Å². The van der Waals surface area contributed by atoms with Crippen LogP contribution in [0.15, 0.2) is 17.3 Å². The van der Waals surface area contributed by atoms with E-state index in [1.165, 1.54) is 6.33 Å². The summed E-state index contributed by atoms with van der Waals surface area (Å²) in [6, 6.07) is 0. The van der Waals surface area contributed by atoms with Crippen LogP contribution in [-0.4, -0.2) is 48.5 Å². The Hall–Kier alpha value is -1.09. The van der Waals surface area contributed by atoms with Crippen LogP contribution in [0.2, 0.25) is 0 Å². The standard InChI is InChI=1S/C10H11BrN4O3/c11-9-8-10(13-3-12-9)15(4-14-8)7-1-5(17)6(2-16)18-7/h3-7,16-17H,1-2H2/t5-,6+,7+/m1/s1. The summed E-state index contributed by atoms with van der Waals surface area (Å²) in [7, 11) is 0. The van der Waals surface area contributed by atoms with Crippen molar-refractivity contribution in [3.63, 3.8) is 0 Å². The maximum atomic E-state index is 9.72. The van der Waals surface area contributed by atoms with Gasteiger partial charge in [0.2, 0.25) is 0 Å². The maximum Gasteiger partial charge on any atom is 0.166 e. The van der Waals surface area contributed by atoms with E-state index in [1.807, 2.05) is 0 Å². The number of aliphatic hydroxyl groups excluding tert-OH is 2. The number of fused-ring (bicyclic) bond motifs is 1. The highest BCUT2D eigenvalue weighted by atomic mass is 79.9. The Labute approximate surface area is 111 Å². The molecule has 0 radical (unpaired) electrons. The first-order chi connectivity index (χ1) is 8.70. The third-order valence-corrected chi connectivity index (χ3v) is 3.59. The normalized spacial score (nSPS) is 28.1. The van der Waals surface area contributed by atoms with Gasteiger partial charge in [0.1, 0.15) is 28.8 Å². The molecule has 1 aliphatic heterocycles. The number of aromatic nitrogens is 4. The summed E-state index contributed by atoms with van der Waals surface area (Å²) in [5, 5.41) is 18.8. The van der Waals surface area contributed by atoms with E-state index < -0.39 is 12.2 Å². The van der Waals surface area contributed by atoms with E-state index in [9.17, 15) is 5.11 Å². The van der Waals surface area contributed by atoms with Gasteiger partial charge in [0.05, 0.1) is 19.0 Å². The zero-order valence-electron chi connectivity index (χ0n) is 9.27. The lowest BCUT2D eigenvalue weighted by Gasteiger charge is -2.13. The van der Waals surface area contributed by atoms with Crippen LogP contribution in [0.25, 0.3) is 11.2 Å². The second kappa shape index (κ2) is 4.54. The third kappa shape index (κ3) is 1.81. The summed E-state index contributed by atoms with van der Waals surface area (Å²) >= 11 is 3.30. The van der Waals surface area contributed by atoms with E-state index in [4.69, 9.17) is 9.84 Å². The van der Waals surface area contributed by atoms with Crippen molar-refractivity contribution >= 4 is 27.1 Å². The van der Waals surface area contributed by atoms with Gasteiger partial charge in [-0.25, -0.2) is 15.0 Å². The Kier molecular flexibility index (Phi) is 3.02. The smallest absolute Gasteiger partial charge is 0.166 e. The fourth-order valence-corrected chi connectivity index (χ4v) is 2.46. The Morgan fingerprint density at radius 1 is 1.44 bits per heavy atom. The molecule has 7 nitrogen and oxygen atoms in total. The number of imidazole rings is 1. The first-order valence-corrected chi connectivity index (χ1v) is 6.27. The summed E-state index contributed by atoms with van der Waals surface area (Å²) in [5.41, 5.74) is 1.27. The summed E-state index contributed by atoms with van der Waals surface area (Å²) in [6.45, 7) is -0.205. The average Bonchev–Trinajstić information content (AvgIpc) is 2.93. The van der Waals surface area contributed by atoms with Gasteiger partial charge in [-0.1, -0.05) is 0 Å². The van der Waals surface area contributed by atoms with Crippen LogP contribution < -0.4 is 0 Å². The molecule has 1 saturated heterocycles. The summed E-state index contributed by atoms with van der Waals surface area (Å²) in [4.78, 5) is 12.4. The summed E-state index contributed by atoms with van der Waals surface area (Å²) in [6.07, 6.45) is 1.82. The fraction of sp³-hybridized carbons (Fsp3) is 0.500. The Bertz CT molecular complexity index is 575. The number of hydrogen-bond acceptors (Lipinski definition) is 6. The van der Waals surface area contributed by atoms with E-state index in [2.05, 4.69) is 30.9 Å². The third-order valence-electron chi connectivity index (χ3n) is 3.01. The molecule has 18 heavy (non-hydrogen) atoms. The van der Waals surface area contributed by atoms with Crippen molar-refractivity contribution in [3.8, 4) is 0 Å². The molecule has 2 aromatic heterocycles. The molecule has 0 amide bonds. The summed E-state index contributed by atoms with van der Waals surface area (Å²) in [5.74, 6) is 0. The highest BCUT2D eigenvalue weighted by Gasteiger charge is 2.35. The average molecular weight is 315 g/mol. The van der Waals surface area contributed by atoms with Gasteiger partial charge in [0, 0.05) is 6.42 Å². The van der Waals surface area contributed by atoms with Crippen LogP contribution >= 0.6 is 15.9 Å². The molecule has 8 heteroatoms. The van der Waals surface area contributed by atoms with Crippen LogP contribution in [0.1, 0.15) is 12.6 Å². The highest BCUT2D eigenvalue weighted by molar-refractivity contribution is 9.10. The van der Waals surface area contributed by atoms with Gasteiger partial charge in [0.15, 0.2) is 5.65 Å². The number of aliphatic hydroxyl groups is 2. The zero-order chi connectivity index (χ0) is 12.7. The lowest BCUT2D eigenvalue weighted by Crippen LogP contribution is -2.24. The molecule has 96 valence electrons. The van der Waals surface area contributed by atoms with Crippen molar-refractivity contribution in [2.24, 2.45) is 0 Å². The fourth-order valence-electron chi connectivity index (χ4n) is 2.08. The largest absolute Gasteiger partial charge is 0.394 e. The van der Waals surface area contributed by atoms with Crippen LogP contribution in [0, 0.1) is 0 Å². The first-order valence-electron chi connectivity index (χ1n) is 5.48. The molecule has 2 N–H and O–H groups in total. The molecule has 3 rings (SSSR count). The molecular formula is C10H11BrN4O3. The SMILES string of the molecule is OC[C@@H]1O[C@H](n2cnc3c(Br)ncnc32)C[C@H]1O. The summed E-state index contributed by atoms with van der Waals surface area (Å²) < 4.78 is 7.91. The molecule has 3 atom stereocenters. The first kappa shape index (κ1) is 12.0. The van der Waals surface area contributed by atoms with Crippen LogP contribution in [0.4, 0.5) is 0 Å². The van der Waals surface area contributed by atoms with Crippen molar-refractivity contribution in [1.82, 2.24) is 19.5 Å². The van der Waals surface area contributed by atoms with E-state index in [0.29, 0.717) is 22.2 Å². The van der Waals surface area contributed by atoms with Gasteiger partial charge >= 0.3 is 0 Å². The molecule has 1 aliphatic rings. The number of nitrogens with zero attached hydrogens (tertiary/aromatic N) is 4. The van der Waals surface area contributed by atoms with Crippen LogP contribution in [0.5, 0.6) is 0 Å². The number of ether oxygens (including phenoxy) is 1. The van der Waals surface area contributed by atoms with Crippen molar-refractivity contribution in [2.45, 2.75) is 24.9 Å². The maximum absolute atomic E-state index is 9.72. The molecule has 0 aliphatic carbocycles. The topological polar surface area (TPSA) is 93.3 Å². The Balaban J connectivity index is 1.99. The molecule has 3 heterocycles. The predicted molar refractivity (Wildman–Crippen MR) is 64.6 cm³/mol. The number of halogens is 1. The minimum absolute atomic E-state index is 0.205. The van der Waals surface area contributed by atoms with E-state index in [1.54, 1.807) is 10.9 Å². The molecule has 1 fully saturated rings. The van der Waals surface area contributed by atoms with Gasteiger partial charge < -0.3 is 14.9 Å². The Morgan fingerprint density at radius 3 is 3.00 bits per heavy atom. The minimum Gasteiger partial charge on any atom is -0.394 e. The molecule has 0 spiro atoms. The van der Waals surface area contributed by atoms with Gasteiger partial charge in [-0.3, -0.25) is 4.57 Å². The minimum atomic E-state index is -0.678. The van der Waals surface area contributed by atoms with Crippen molar-refractivity contribution < 1.29 is 14.9 Å². The van der Waals surface area contributed by atoms with E-state index in [0.717, 1.165) is 0 Å². The second-order valence-electron chi connectivity index (χ2n) is 4.10. The monoisotopic (exact) mass is 314 g/mol. The van der Waals surface area contributed by atoms with Gasteiger partial charge in [-0.2, -0.15) is 0 Å². The van der Waals surface area contributed by atoms with Crippen molar-refractivity contribution in [1.29, 1.82) is 0 Å². The predicted octanol–water partition coefficient (Wildman–Crippen LogP) is 0.229. The van der Waals surface area contributed by atoms with Gasteiger partial charge in [-0.05, 0) is 15.9 Å². The van der Waals surface area contributed by atoms with Gasteiger partial charge in [0.25, 0.3) is 0 Å². The van der Waals surface area contributed by atoms with E-state index in [-0.39, 0.29) is 12.8 Å². The lowest BCUT2D eigenvalue weighted by atomic mass is 10.2. The zero-order valence-corrected chi connectivity index (χ0v) is 10.9. The van der Waals surface area contributed by atoms with E-state index >= 15 is 0 Å². The number of hydrogen-bond donors (Lipinski definition) is 2. The van der Waals surface area contributed by atoms with Crippen LogP contribution in [-0.2, 0) is 4.74 Å². The lowest BCUT2D eigenvalue weighted by molar-refractivity contribution is -0.0432. The second-order valence-corrected chi connectivity index (χ2v) is 4.85. The quantitative estimate of drug-likeness (QED) is 0.771. The molecule has 2 aromatic rings. The Morgan fingerprint density at radius 2 is 2.28 bits per heavy atom.